The summed E-state index contributed by atoms with van der Waals surface area (Å²) in [4.78, 5) is 3.63. The Labute approximate surface area is 141 Å². The first-order chi connectivity index (χ1) is 10.2. The minimum Gasteiger partial charge on any atom is -0.326 e. The molecule has 2 rings (SSSR count). The van der Waals surface area contributed by atoms with E-state index in [2.05, 4.69) is 59.1 Å². The third kappa shape index (κ3) is 8.37. The Balaban J connectivity index is 0.000000262. The number of hydrogen-bond donors (Lipinski definition) is 1. The first-order valence-electron chi connectivity index (χ1n) is 7.31. The van der Waals surface area contributed by atoms with Crippen molar-refractivity contribution < 1.29 is 0 Å². The second kappa shape index (κ2) is 11.0. The second-order valence-electron chi connectivity index (χ2n) is 4.96. The predicted octanol–water partition coefficient (Wildman–Crippen LogP) is 4.54. The zero-order valence-electron chi connectivity index (χ0n) is 12.9. The Bertz CT molecular complexity index is 468. The Morgan fingerprint density at radius 3 is 2.33 bits per heavy atom. The number of halogens is 1. The molecule has 1 heterocycles. The summed E-state index contributed by atoms with van der Waals surface area (Å²) >= 11 is 5.14. The monoisotopic (exact) mass is 368 g/mol. The van der Waals surface area contributed by atoms with Crippen molar-refractivity contribution in [1.82, 2.24) is 4.90 Å². The van der Waals surface area contributed by atoms with Gasteiger partial charge in [-0.25, -0.2) is 0 Å². The molecule has 2 nitrogen and oxygen atoms in total. The molecule has 2 N–H and O–H groups in total. The molecule has 0 fully saturated rings. The van der Waals surface area contributed by atoms with E-state index in [0.717, 1.165) is 17.4 Å². The lowest BCUT2D eigenvalue weighted by atomic mass is 10.1. The molecule has 0 aliphatic carbocycles. The van der Waals surface area contributed by atoms with Gasteiger partial charge in [0, 0.05) is 22.4 Å². The third-order valence-electron chi connectivity index (χ3n) is 3.08. The van der Waals surface area contributed by atoms with E-state index in [1.807, 2.05) is 17.5 Å². The Morgan fingerprint density at radius 2 is 1.86 bits per heavy atom. The van der Waals surface area contributed by atoms with Crippen LogP contribution in [0.3, 0.4) is 0 Å². The molecule has 0 saturated heterocycles. The zero-order valence-corrected chi connectivity index (χ0v) is 15.3. The summed E-state index contributed by atoms with van der Waals surface area (Å²) in [5.41, 5.74) is 6.72. The van der Waals surface area contributed by atoms with Crippen molar-refractivity contribution in [2.24, 2.45) is 5.73 Å². The highest BCUT2D eigenvalue weighted by atomic mass is 79.9. The summed E-state index contributed by atoms with van der Waals surface area (Å²) in [5.74, 6) is 0. The zero-order chi connectivity index (χ0) is 15.5. The molecule has 2 aromatic rings. The van der Waals surface area contributed by atoms with Crippen LogP contribution in [0.4, 0.5) is 0 Å². The van der Waals surface area contributed by atoms with E-state index >= 15 is 0 Å². The van der Waals surface area contributed by atoms with Gasteiger partial charge in [0.2, 0.25) is 0 Å². The Morgan fingerprint density at radius 1 is 1.14 bits per heavy atom. The van der Waals surface area contributed by atoms with Crippen LogP contribution in [-0.4, -0.2) is 25.0 Å². The molecule has 116 valence electrons. The van der Waals surface area contributed by atoms with Crippen LogP contribution < -0.4 is 5.73 Å². The molecule has 0 atom stereocenters. The SMILES string of the molecule is CCCN(C)CCc1ccc(Br)cc1.NCc1cccs1. The van der Waals surface area contributed by atoms with Gasteiger partial charge in [0.15, 0.2) is 0 Å². The van der Waals surface area contributed by atoms with Crippen molar-refractivity contribution in [2.45, 2.75) is 26.3 Å². The molecule has 1 aromatic heterocycles. The van der Waals surface area contributed by atoms with Crippen LogP contribution in [0.1, 0.15) is 23.8 Å². The smallest absolute Gasteiger partial charge is 0.0273 e. The second-order valence-corrected chi connectivity index (χ2v) is 6.91. The van der Waals surface area contributed by atoms with Gasteiger partial charge in [0.1, 0.15) is 0 Å². The summed E-state index contributed by atoms with van der Waals surface area (Å²) in [6.07, 6.45) is 2.38. The number of likely N-dealkylation sites (N-methyl/N-ethyl adjacent to an activating group) is 1. The fourth-order valence-electron chi connectivity index (χ4n) is 1.89. The van der Waals surface area contributed by atoms with Crippen molar-refractivity contribution in [3.8, 4) is 0 Å². The Kier molecular flexibility index (Phi) is 9.59. The molecule has 0 saturated carbocycles. The first-order valence-corrected chi connectivity index (χ1v) is 8.98. The molecule has 1 aromatic carbocycles. The van der Waals surface area contributed by atoms with Gasteiger partial charge >= 0.3 is 0 Å². The molecule has 21 heavy (non-hydrogen) atoms. The quantitative estimate of drug-likeness (QED) is 0.810. The van der Waals surface area contributed by atoms with E-state index in [4.69, 9.17) is 5.73 Å². The van der Waals surface area contributed by atoms with E-state index in [1.54, 1.807) is 11.3 Å². The van der Waals surface area contributed by atoms with Gasteiger partial charge in [-0.2, -0.15) is 0 Å². The molecule has 0 bridgehead atoms. The predicted molar refractivity (Wildman–Crippen MR) is 97.8 cm³/mol. The maximum absolute atomic E-state index is 5.30. The van der Waals surface area contributed by atoms with Gasteiger partial charge in [0.05, 0.1) is 0 Å². The lowest BCUT2D eigenvalue weighted by molar-refractivity contribution is 0.339. The van der Waals surface area contributed by atoms with Gasteiger partial charge in [-0.3, -0.25) is 0 Å². The topological polar surface area (TPSA) is 29.3 Å². The number of hydrogen-bond acceptors (Lipinski definition) is 3. The van der Waals surface area contributed by atoms with Gasteiger partial charge in [-0.15, -0.1) is 11.3 Å². The highest BCUT2D eigenvalue weighted by Gasteiger charge is 1.97. The first kappa shape index (κ1) is 18.4. The van der Waals surface area contributed by atoms with Crippen molar-refractivity contribution in [2.75, 3.05) is 20.1 Å². The van der Waals surface area contributed by atoms with E-state index in [1.165, 1.54) is 23.4 Å². The minimum atomic E-state index is 0.678. The van der Waals surface area contributed by atoms with Crippen LogP contribution in [-0.2, 0) is 13.0 Å². The standard InChI is InChI=1S/C12H18BrN.C5H7NS/c1-3-9-14(2)10-8-11-4-6-12(13)7-5-11;6-4-5-2-1-3-7-5/h4-7H,3,8-10H2,1-2H3;1-3H,4,6H2. The van der Waals surface area contributed by atoms with Crippen LogP contribution in [0.15, 0.2) is 46.3 Å². The maximum Gasteiger partial charge on any atom is 0.0273 e. The molecule has 0 amide bonds. The average Bonchev–Trinajstić information content (AvgIpc) is 3.01. The summed E-state index contributed by atoms with van der Waals surface area (Å²) in [5, 5.41) is 2.03. The lowest BCUT2D eigenvalue weighted by Gasteiger charge is -2.14. The lowest BCUT2D eigenvalue weighted by Crippen LogP contribution is -2.21. The number of thiophene rings is 1. The van der Waals surface area contributed by atoms with Gasteiger partial charge in [-0.1, -0.05) is 41.1 Å². The average molecular weight is 369 g/mol. The fourth-order valence-corrected chi connectivity index (χ4v) is 2.74. The van der Waals surface area contributed by atoms with Crippen molar-refractivity contribution in [3.63, 3.8) is 0 Å². The number of benzene rings is 1. The normalized spacial score (nSPS) is 10.3. The molecular formula is C17H25BrN2S. The molecular weight excluding hydrogens is 344 g/mol. The summed E-state index contributed by atoms with van der Waals surface area (Å²) in [6, 6.07) is 12.6. The third-order valence-corrected chi connectivity index (χ3v) is 4.51. The van der Waals surface area contributed by atoms with Gasteiger partial charge in [0.25, 0.3) is 0 Å². The summed E-state index contributed by atoms with van der Waals surface area (Å²) in [6.45, 7) is 5.24. The number of nitrogens with zero attached hydrogens (tertiary/aromatic N) is 1. The molecule has 0 spiro atoms. The van der Waals surface area contributed by atoms with E-state index in [0.29, 0.717) is 6.54 Å². The van der Waals surface area contributed by atoms with Crippen molar-refractivity contribution in [3.05, 3.63) is 56.7 Å². The van der Waals surface area contributed by atoms with Gasteiger partial charge in [-0.05, 0) is 55.6 Å². The molecule has 0 aliphatic rings. The highest BCUT2D eigenvalue weighted by Crippen LogP contribution is 2.11. The van der Waals surface area contributed by atoms with Crippen LogP contribution in [0.2, 0.25) is 0 Å². The van der Waals surface area contributed by atoms with Crippen LogP contribution in [0.25, 0.3) is 0 Å². The van der Waals surface area contributed by atoms with Crippen LogP contribution >= 0.6 is 27.3 Å². The maximum atomic E-state index is 5.30. The molecule has 4 heteroatoms. The van der Waals surface area contributed by atoms with E-state index < -0.39 is 0 Å². The van der Waals surface area contributed by atoms with E-state index in [9.17, 15) is 0 Å². The van der Waals surface area contributed by atoms with Crippen molar-refractivity contribution in [1.29, 1.82) is 0 Å². The summed E-state index contributed by atoms with van der Waals surface area (Å²) in [7, 11) is 2.18. The largest absolute Gasteiger partial charge is 0.326 e. The van der Waals surface area contributed by atoms with Crippen LogP contribution in [0.5, 0.6) is 0 Å². The van der Waals surface area contributed by atoms with E-state index in [-0.39, 0.29) is 0 Å². The Hall–Kier alpha value is -0.680. The fraction of sp³-hybridized carbons (Fsp3) is 0.412. The number of nitrogens with two attached hydrogens (primary N) is 1. The van der Waals surface area contributed by atoms with Crippen LogP contribution in [0, 0.1) is 0 Å². The molecule has 0 aliphatic heterocycles. The van der Waals surface area contributed by atoms with Gasteiger partial charge < -0.3 is 10.6 Å². The summed E-state index contributed by atoms with van der Waals surface area (Å²) < 4.78 is 1.16. The highest BCUT2D eigenvalue weighted by molar-refractivity contribution is 9.10. The molecule has 0 unspecified atom stereocenters. The van der Waals surface area contributed by atoms with Crippen molar-refractivity contribution >= 4 is 27.3 Å². The number of rotatable bonds is 6. The molecule has 0 radical (unpaired) electrons. The minimum absolute atomic E-state index is 0.678.